The second-order valence-electron chi connectivity index (χ2n) is 4.05. The summed E-state index contributed by atoms with van der Waals surface area (Å²) in [6.07, 6.45) is 4.07. The lowest BCUT2D eigenvalue weighted by molar-refractivity contribution is 0.102. The number of hydrogen-bond acceptors (Lipinski definition) is 3. The van der Waals surface area contributed by atoms with Crippen molar-refractivity contribution in [1.29, 1.82) is 0 Å². The van der Waals surface area contributed by atoms with Gasteiger partial charge in [0.15, 0.2) is 0 Å². The van der Waals surface area contributed by atoms with Crippen molar-refractivity contribution in [3.63, 3.8) is 0 Å². The first-order valence-electron chi connectivity index (χ1n) is 5.33. The lowest BCUT2D eigenvalue weighted by Gasteiger charge is -2.24. The SMILES string of the molecule is C[C@@](O)(c1ccc(C=O)cc1)c1cccnc1. The molecule has 0 radical (unpaired) electrons. The van der Waals surface area contributed by atoms with Gasteiger partial charge in [-0.25, -0.2) is 0 Å². The molecule has 17 heavy (non-hydrogen) atoms. The molecule has 1 aromatic carbocycles. The fourth-order valence-electron chi connectivity index (χ4n) is 1.70. The summed E-state index contributed by atoms with van der Waals surface area (Å²) in [6, 6.07) is 10.5. The molecule has 3 nitrogen and oxygen atoms in total. The van der Waals surface area contributed by atoms with E-state index in [2.05, 4.69) is 4.98 Å². The van der Waals surface area contributed by atoms with Gasteiger partial charge in [0.25, 0.3) is 0 Å². The van der Waals surface area contributed by atoms with Crippen LogP contribution in [0.15, 0.2) is 48.8 Å². The predicted molar refractivity (Wildman–Crippen MR) is 64.7 cm³/mol. The van der Waals surface area contributed by atoms with Gasteiger partial charge >= 0.3 is 0 Å². The average molecular weight is 227 g/mol. The highest BCUT2D eigenvalue weighted by atomic mass is 16.3. The largest absolute Gasteiger partial charge is 0.381 e. The monoisotopic (exact) mass is 227 g/mol. The van der Waals surface area contributed by atoms with Crippen molar-refractivity contribution in [3.8, 4) is 0 Å². The van der Waals surface area contributed by atoms with Crippen LogP contribution in [-0.2, 0) is 5.60 Å². The molecule has 0 aliphatic rings. The molecule has 0 saturated carbocycles. The first-order chi connectivity index (χ1) is 8.14. The standard InChI is InChI=1S/C14H13NO2/c1-14(17,13-3-2-8-15-9-13)12-6-4-11(10-16)5-7-12/h2-10,17H,1H3/t14-/m1/s1. The summed E-state index contributed by atoms with van der Waals surface area (Å²) in [5.74, 6) is 0. The van der Waals surface area contributed by atoms with Crippen LogP contribution in [-0.4, -0.2) is 16.4 Å². The fourth-order valence-corrected chi connectivity index (χ4v) is 1.70. The minimum Gasteiger partial charge on any atom is -0.381 e. The predicted octanol–water partition coefficient (Wildman–Crippen LogP) is 2.15. The Morgan fingerprint density at radius 2 is 1.88 bits per heavy atom. The highest BCUT2D eigenvalue weighted by Crippen LogP contribution is 2.28. The number of carbonyl (C=O) groups is 1. The summed E-state index contributed by atoms with van der Waals surface area (Å²) >= 11 is 0. The molecular formula is C14H13NO2. The first-order valence-corrected chi connectivity index (χ1v) is 5.33. The number of benzene rings is 1. The van der Waals surface area contributed by atoms with Crippen LogP contribution in [0.25, 0.3) is 0 Å². The van der Waals surface area contributed by atoms with Crippen LogP contribution in [0.2, 0.25) is 0 Å². The molecule has 0 unspecified atom stereocenters. The van der Waals surface area contributed by atoms with Gasteiger partial charge in [0.2, 0.25) is 0 Å². The fraction of sp³-hybridized carbons (Fsp3) is 0.143. The minimum absolute atomic E-state index is 0.593. The second kappa shape index (κ2) is 4.47. The Bertz CT molecular complexity index is 504. The zero-order valence-electron chi connectivity index (χ0n) is 9.50. The van der Waals surface area contributed by atoms with Crippen molar-refractivity contribution in [2.45, 2.75) is 12.5 Å². The Hall–Kier alpha value is -2.00. The quantitative estimate of drug-likeness (QED) is 0.817. The number of nitrogens with zero attached hydrogens (tertiary/aromatic N) is 1. The van der Waals surface area contributed by atoms with Crippen molar-refractivity contribution in [3.05, 3.63) is 65.5 Å². The zero-order chi connectivity index (χ0) is 12.3. The molecule has 86 valence electrons. The molecule has 1 heterocycles. The second-order valence-corrected chi connectivity index (χ2v) is 4.05. The van der Waals surface area contributed by atoms with E-state index in [9.17, 15) is 9.90 Å². The van der Waals surface area contributed by atoms with Gasteiger partial charge < -0.3 is 5.11 Å². The van der Waals surface area contributed by atoms with Gasteiger partial charge in [0.1, 0.15) is 11.9 Å². The van der Waals surface area contributed by atoms with Gasteiger partial charge in [0, 0.05) is 23.5 Å². The Morgan fingerprint density at radius 1 is 1.18 bits per heavy atom. The molecule has 2 rings (SSSR count). The van der Waals surface area contributed by atoms with E-state index in [1.807, 2.05) is 6.07 Å². The summed E-state index contributed by atoms with van der Waals surface area (Å²) in [7, 11) is 0. The van der Waals surface area contributed by atoms with E-state index < -0.39 is 5.60 Å². The number of hydrogen-bond donors (Lipinski definition) is 1. The molecule has 0 spiro atoms. The maximum atomic E-state index is 10.6. The van der Waals surface area contributed by atoms with E-state index in [1.54, 1.807) is 49.6 Å². The number of aromatic nitrogens is 1. The van der Waals surface area contributed by atoms with Gasteiger partial charge in [-0.1, -0.05) is 30.3 Å². The molecule has 1 aromatic heterocycles. The third kappa shape index (κ3) is 2.24. The van der Waals surface area contributed by atoms with Crippen molar-refractivity contribution in [1.82, 2.24) is 4.98 Å². The van der Waals surface area contributed by atoms with Gasteiger partial charge in [-0.05, 0) is 18.6 Å². The van der Waals surface area contributed by atoms with E-state index in [4.69, 9.17) is 0 Å². The molecule has 3 heteroatoms. The molecular weight excluding hydrogens is 214 g/mol. The molecule has 1 atom stereocenters. The lowest BCUT2D eigenvalue weighted by atomic mass is 9.89. The van der Waals surface area contributed by atoms with E-state index >= 15 is 0 Å². The molecule has 2 aromatic rings. The Morgan fingerprint density at radius 3 is 2.41 bits per heavy atom. The van der Waals surface area contributed by atoms with Gasteiger partial charge in [-0.15, -0.1) is 0 Å². The molecule has 0 fully saturated rings. The molecule has 0 amide bonds. The number of aldehydes is 1. The van der Waals surface area contributed by atoms with Crippen molar-refractivity contribution in [2.75, 3.05) is 0 Å². The van der Waals surface area contributed by atoms with Crippen molar-refractivity contribution in [2.24, 2.45) is 0 Å². The highest BCUT2D eigenvalue weighted by molar-refractivity contribution is 5.74. The Kier molecular flexibility index (Phi) is 3.02. The lowest BCUT2D eigenvalue weighted by Crippen LogP contribution is -2.22. The number of rotatable bonds is 3. The van der Waals surface area contributed by atoms with Gasteiger partial charge in [0.05, 0.1) is 0 Å². The zero-order valence-corrected chi connectivity index (χ0v) is 9.50. The molecule has 0 saturated heterocycles. The highest BCUT2D eigenvalue weighted by Gasteiger charge is 2.25. The summed E-state index contributed by atoms with van der Waals surface area (Å²) in [6.45, 7) is 1.71. The number of pyridine rings is 1. The number of carbonyl (C=O) groups excluding carboxylic acids is 1. The van der Waals surface area contributed by atoms with Crippen LogP contribution in [0.5, 0.6) is 0 Å². The third-order valence-electron chi connectivity index (χ3n) is 2.83. The van der Waals surface area contributed by atoms with Crippen LogP contribution >= 0.6 is 0 Å². The van der Waals surface area contributed by atoms with Crippen LogP contribution in [0.3, 0.4) is 0 Å². The smallest absolute Gasteiger partial charge is 0.150 e. The Balaban J connectivity index is 2.40. The topological polar surface area (TPSA) is 50.2 Å². The molecule has 0 bridgehead atoms. The van der Waals surface area contributed by atoms with Crippen LogP contribution in [0.4, 0.5) is 0 Å². The van der Waals surface area contributed by atoms with Crippen LogP contribution in [0.1, 0.15) is 28.4 Å². The van der Waals surface area contributed by atoms with Crippen LogP contribution in [0, 0.1) is 0 Å². The van der Waals surface area contributed by atoms with E-state index in [0.29, 0.717) is 5.56 Å². The molecule has 0 aliphatic carbocycles. The molecule has 1 N–H and O–H groups in total. The van der Waals surface area contributed by atoms with E-state index in [-0.39, 0.29) is 0 Å². The van der Waals surface area contributed by atoms with E-state index in [1.165, 1.54) is 0 Å². The van der Waals surface area contributed by atoms with E-state index in [0.717, 1.165) is 17.4 Å². The normalized spacial score (nSPS) is 14.0. The number of aliphatic hydroxyl groups is 1. The van der Waals surface area contributed by atoms with Crippen molar-refractivity contribution >= 4 is 6.29 Å². The summed E-state index contributed by atoms with van der Waals surface area (Å²) < 4.78 is 0. The van der Waals surface area contributed by atoms with Crippen molar-refractivity contribution < 1.29 is 9.90 Å². The minimum atomic E-state index is -1.10. The van der Waals surface area contributed by atoms with Gasteiger partial charge in [-0.3, -0.25) is 9.78 Å². The third-order valence-corrected chi connectivity index (χ3v) is 2.83. The van der Waals surface area contributed by atoms with Crippen LogP contribution < -0.4 is 0 Å². The summed E-state index contributed by atoms with van der Waals surface area (Å²) in [5, 5.41) is 10.5. The first kappa shape index (κ1) is 11.5. The maximum Gasteiger partial charge on any atom is 0.150 e. The molecule has 0 aliphatic heterocycles. The Labute approximate surface area is 99.8 Å². The average Bonchev–Trinajstić information content (AvgIpc) is 2.40. The van der Waals surface area contributed by atoms with Gasteiger partial charge in [-0.2, -0.15) is 0 Å². The summed E-state index contributed by atoms with van der Waals surface area (Å²) in [4.78, 5) is 14.6. The summed E-state index contributed by atoms with van der Waals surface area (Å²) in [5.41, 5.74) is 0.945. The maximum absolute atomic E-state index is 10.6.